The lowest BCUT2D eigenvalue weighted by Gasteiger charge is -2.36. The van der Waals surface area contributed by atoms with Crippen LogP contribution < -0.4 is 0 Å². The van der Waals surface area contributed by atoms with Crippen molar-refractivity contribution in [1.29, 1.82) is 0 Å². The smallest absolute Gasteiger partial charge is 0.237 e. The second-order valence-electron chi connectivity index (χ2n) is 5.46. The average molecular weight is 232 g/mol. The summed E-state index contributed by atoms with van der Waals surface area (Å²) in [4.78, 5) is 0. The number of fused-ring (bicyclic) bond motifs is 3. The maximum absolute atomic E-state index is 5.95. The van der Waals surface area contributed by atoms with Crippen molar-refractivity contribution < 1.29 is 9.22 Å². The molecule has 0 saturated carbocycles. The van der Waals surface area contributed by atoms with Crippen molar-refractivity contribution in [3.05, 3.63) is 30.0 Å². The van der Waals surface area contributed by atoms with Crippen molar-refractivity contribution in [3.63, 3.8) is 0 Å². The maximum atomic E-state index is 5.95. The number of hydrogen-bond acceptors (Lipinski definition) is 2. The zero-order valence-corrected chi connectivity index (χ0v) is 10.6. The summed E-state index contributed by atoms with van der Waals surface area (Å²) in [5.74, 6) is 0. The van der Waals surface area contributed by atoms with Gasteiger partial charge in [-0.1, -0.05) is 18.2 Å². The van der Waals surface area contributed by atoms with Crippen LogP contribution in [-0.2, 0) is 11.3 Å². The van der Waals surface area contributed by atoms with Gasteiger partial charge in [-0.3, -0.25) is 4.68 Å². The highest BCUT2D eigenvalue weighted by atomic mass is 16.5. The third-order valence-corrected chi connectivity index (χ3v) is 3.20. The summed E-state index contributed by atoms with van der Waals surface area (Å²) in [5, 5.41) is 5.86. The van der Waals surface area contributed by atoms with Gasteiger partial charge in [0.25, 0.3) is 0 Å². The van der Waals surface area contributed by atoms with E-state index < -0.39 is 0 Å². The van der Waals surface area contributed by atoms with Gasteiger partial charge in [0.2, 0.25) is 6.23 Å². The highest BCUT2D eigenvalue weighted by Crippen LogP contribution is 2.33. The molecule has 1 aromatic heterocycles. The molecule has 4 heteroatoms. The second kappa shape index (κ2) is 3.55. The molecule has 1 aliphatic heterocycles. The molecule has 2 aromatic rings. The van der Waals surface area contributed by atoms with E-state index >= 15 is 0 Å². The molecule has 4 nitrogen and oxygen atoms in total. The minimum absolute atomic E-state index is 0.0659. The predicted molar refractivity (Wildman–Crippen MR) is 66.5 cm³/mol. The SMILES string of the molecule is C[N+](C)(C)[C@@H]1OCCn2nc3ccccc3c21. The minimum Gasteiger partial charge on any atom is -0.322 e. The van der Waals surface area contributed by atoms with E-state index in [0.717, 1.165) is 23.2 Å². The van der Waals surface area contributed by atoms with Gasteiger partial charge in [0.1, 0.15) is 5.69 Å². The lowest BCUT2D eigenvalue weighted by atomic mass is 10.1. The summed E-state index contributed by atoms with van der Waals surface area (Å²) in [6.45, 7) is 1.59. The van der Waals surface area contributed by atoms with Crippen molar-refractivity contribution in [3.8, 4) is 0 Å². The van der Waals surface area contributed by atoms with Gasteiger partial charge in [0, 0.05) is 5.39 Å². The van der Waals surface area contributed by atoms with Crippen LogP contribution in [0.5, 0.6) is 0 Å². The molecule has 0 spiro atoms. The average Bonchev–Trinajstić information content (AvgIpc) is 2.65. The predicted octanol–water partition coefficient (Wildman–Crippen LogP) is 1.77. The molecule has 3 rings (SSSR count). The lowest BCUT2D eigenvalue weighted by Crippen LogP contribution is -2.43. The second-order valence-corrected chi connectivity index (χ2v) is 5.46. The third-order valence-electron chi connectivity index (χ3n) is 3.20. The lowest BCUT2D eigenvalue weighted by molar-refractivity contribution is -0.928. The first-order valence-electron chi connectivity index (χ1n) is 5.95. The van der Waals surface area contributed by atoms with Crippen LogP contribution in [0.15, 0.2) is 24.3 Å². The number of ether oxygens (including phenoxy) is 1. The molecule has 2 heterocycles. The quantitative estimate of drug-likeness (QED) is 0.701. The maximum Gasteiger partial charge on any atom is 0.237 e. The summed E-state index contributed by atoms with van der Waals surface area (Å²) in [7, 11) is 6.46. The molecular weight excluding hydrogens is 214 g/mol. The topological polar surface area (TPSA) is 27.1 Å². The van der Waals surface area contributed by atoms with Crippen LogP contribution >= 0.6 is 0 Å². The molecule has 0 unspecified atom stereocenters. The van der Waals surface area contributed by atoms with Crippen LogP contribution in [0.3, 0.4) is 0 Å². The van der Waals surface area contributed by atoms with Crippen molar-refractivity contribution in [1.82, 2.24) is 9.78 Å². The number of nitrogens with zero attached hydrogens (tertiary/aromatic N) is 3. The first-order chi connectivity index (χ1) is 8.07. The Morgan fingerprint density at radius 2 is 2.06 bits per heavy atom. The van der Waals surface area contributed by atoms with Crippen LogP contribution in [0.4, 0.5) is 0 Å². The van der Waals surface area contributed by atoms with Crippen molar-refractivity contribution >= 4 is 10.9 Å². The van der Waals surface area contributed by atoms with Crippen LogP contribution in [0, 0.1) is 0 Å². The van der Waals surface area contributed by atoms with Crippen LogP contribution in [0.1, 0.15) is 11.9 Å². The molecular formula is C13H18N3O+. The van der Waals surface area contributed by atoms with Crippen molar-refractivity contribution in [2.24, 2.45) is 0 Å². The number of quaternary nitrogens is 1. The van der Waals surface area contributed by atoms with Crippen molar-refractivity contribution in [2.45, 2.75) is 12.8 Å². The van der Waals surface area contributed by atoms with Gasteiger partial charge in [-0.15, -0.1) is 0 Å². The molecule has 1 aromatic carbocycles. The van der Waals surface area contributed by atoms with Crippen LogP contribution in [0.25, 0.3) is 10.9 Å². The fourth-order valence-corrected chi connectivity index (χ4v) is 2.45. The van der Waals surface area contributed by atoms with Gasteiger partial charge in [-0.2, -0.15) is 5.10 Å². The first kappa shape index (κ1) is 10.7. The molecule has 0 radical (unpaired) electrons. The van der Waals surface area contributed by atoms with Gasteiger partial charge in [0.05, 0.1) is 39.8 Å². The molecule has 1 atom stereocenters. The Morgan fingerprint density at radius 3 is 2.82 bits per heavy atom. The molecule has 0 N–H and O–H groups in total. The van der Waals surface area contributed by atoms with E-state index in [2.05, 4.69) is 49.1 Å². The Balaban J connectivity index is 2.24. The molecule has 0 bridgehead atoms. The zero-order chi connectivity index (χ0) is 12.0. The van der Waals surface area contributed by atoms with E-state index in [-0.39, 0.29) is 6.23 Å². The summed E-state index contributed by atoms with van der Waals surface area (Å²) < 4.78 is 8.81. The van der Waals surface area contributed by atoms with Crippen LogP contribution in [0.2, 0.25) is 0 Å². The molecule has 1 aliphatic rings. The molecule has 0 saturated heterocycles. The molecule has 90 valence electrons. The monoisotopic (exact) mass is 232 g/mol. The molecule has 0 amide bonds. The van der Waals surface area contributed by atoms with Crippen molar-refractivity contribution in [2.75, 3.05) is 27.7 Å². The summed E-state index contributed by atoms with van der Waals surface area (Å²) in [5.41, 5.74) is 2.27. The highest BCUT2D eigenvalue weighted by Gasteiger charge is 2.34. The standard InChI is InChI=1S/C13H18N3O/c1-16(2,3)13-12-10-6-4-5-7-11(10)14-15(12)8-9-17-13/h4-7,13H,8-9H2,1-3H3/q+1/t13-/m1/s1. The van der Waals surface area contributed by atoms with E-state index in [1.54, 1.807) is 0 Å². The third kappa shape index (κ3) is 1.64. The Kier molecular flexibility index (Phi) is 2.24. The fourth-order valence-electron chi connectivity index (χ4n) is 2.45. The van der Waals surface area contributed by atoms with E-state index in [0.29, 0.717) is 0 Å². The number of aromatic nitrogens is 2. The summed E-state index contributed by atoms with van der Waals surface area (Å²) in [6.07, 6.45) is 0.0659. The number of benzene rings is 1. The normalized spacial score (nSPS) is 20.5. The van der Waals surface area contributed by atoms with E-state index in [1.165, 1.54) is 11.1 Å². The first-order valence-corrected chi connectivity index (χ1v) is 5.95. The van der Waals surface area contributed by atoms with Gasteiger partial charge < -0.3 is 9.22 Å². The minimum atomic E-state index is 0.0659. The number of hydrogen-bond donors (Lipinski definition) is 0. The van der Waals surface area contributed by atoms with E-state index in [9.17, 15) is 0 Å². The Hall–Kier alpha value is -1.39. The van der Waals surface area contributed by atoms with E-state index in [1.807, 2.05) is 6.07 Å². The summed E-state index contributed by atoms with van der Waals surface area (Å²) in [6, 6.07) is 8.29. The van der Waals surface area contributed by atoms with E-state index in [4.69, 9.17) is 4.74 Å². The molecule has 0 aliphatic carbocycles. The largest absolute Gasteiger partial charge is 0.322 e. The van der Waals surface area contributed by atoms with Gasteiger partial charge in [-0.25, -0.2) is 0 Å². The Morgan fingerprint density at radius 1 is 1.29 bits per heavy atom. The Labute approximate surface area is 101 Å². The number of rotatable bonds is 1. The van der Waals surface area contributed by atoms with Crippen LogP contribution in [-0.4, -0.2) is 42.0 Å². The van der Waals surface area contributed by atoms with Gasteiger partial charge in [-0.05, 0) is 6.07 Å². The molecule has 17 heavy (non-hydrogen) atoms. The van der Waals surface area contributed by atoms with Gasteiger partial charge in [0.15, 0.2) is 0 Å². The van der Waals surface area contributed by atoms with Gasteiger partial charge >= 0.3 is 0 Å². The molecule has 0 fully saturated rings. The Bertz CT molecular complexity index is 553. The zero-order valence-electron chi connectivity index (χ0n) is 10.6. The highest BCUT2D eigenvalue weighted by molar-refractivity contribution is 5.81. The fraction of sp³-hybridized carbons (Fsp3) is 0.462. The summed E-state index contributed by atoms with van der Waals surface area (Å²) >= 11 is 0.